The molecule has 0 aromatic heterocycles. The molecule has 0 radical (unpaired) electrons. The normalized spacial score (nSPS) is 22.1. The van der Waals surface area contributed by atoms with Gasteiger partial charge in [-0.05, 0) is 51.8 Å². The average Bonchev–Trinajstić information content (AvgIpc) is 3.06. The standard InChI is InChI=1S/C19H23BrN2O5/c1-19(2,3)27-18(25)22-8-4-5-14(22)17(24)21-13-10-26-15-9-11(20)6-7-12(15)16(13)23/h6-7,9,13-14H,4-5,8,10H2,1-3H3,(H,21,24). The van der Waals surface area contributed by atoms with E-state index in [1.807, 2.05) is 0 Å². The topological polar surface area (TPSA) is 84.9 Å². The summed E-state index contributed by atoms with van der Waals surface area (Å²) >= 11 is 3.34. The number of rotatable bonds is 2. The van der Waals surface area contributed by atoms with Crippen molar-refractivity contribution in [1.29, 1.82) is 0 Å². The Balaban J connectivity index is 1.67. The summed E-state index contributed by atoms with van der Waals surface area (Å²) in [6.07, 6.45) is 0.737. The fourth-order valence-electron chi connectivity index (χ4n) is 3.21. The zero-order valence-corrected chi connectivity index (χ0v) is 17.2. The molecule has 2 aliphatic rings. The molecule has 2 atom stereocenters. The second-order valence-electron chi connectivity index (χ2n) is 7.71. The summed E-state index contributed by atoms with van der Waals surface area (Å²) in [7, 11) is 0. The molecule has 0 aliphatic carbocycles. The minimum absolute atomic E-state index is 0.0627. The number of hydrogen-bond donors (Lipinski definition) is 1. The van der Waals surface area contributed by atoms with E-state index in [1.165, 1.54) is 4.90 Å². The molecular formula is C19H23BrN2O5. The molecule has 0 saturated carbocycles. The molecule has 1 N–H and O–H groups in total. The second-order valence-corrected chi connectivity index (χ2v) is 8.62. The highest BCUT2D eigenvalue weighted by molar-refractivity contribution is 9.10. The highest BCUT2D eigenvalue weighted by Crippen LogP contribution is 2.28. The van der Waals surface area contributed by atoms with Gasteiger partial charge in [-0.15, -0.1) is 0 Å². The first-order chi connectivity index (χ1) is 12.7. The largest absolute Gasteiger partial charge is 0.490 e. The lowest BCUT2D eigenvalue weighted by Gasteiger charge is -2.30. The van der Waals surface area contributed by atoms with Crippen LogP contribution in [0.2, 0.25) is 0 Å². The van der Waals surface area contributed by atoms with Crippen LogP contribution in [-0.4, -0.2) is 53.5 Å². The van der Waals surface area contributed by atoms with Crippen LogP contribution in [0.25, 0.3) is 0 Å². The molecule has 27 heavy (non-hydrogen) atoms. The van der Waals surface area contributed by atoms with Crippen molar-refractivity contribution in [2.24, 2.45) is 0 Å². The summed E-state index contributed by atoms with van der Waals surface area (Å²) in [5.74, 6) is -0.0593. The fourth-order valence-corrected chi connectivity index (χ4v) is 3.55. The summed E-state index contributed by atoms with van der Waals surface area (Å²) in [6.45, 7) is 5.86. The number of likely N-dealkylation sites (tertiary alicyclic amines) is 1. The number of halogens is 1. The van der Waals surface area contributed by atoms with Gasteiger partial charge in [0, 0.05) is 11.0 Å². The summed E-state index contributed by atoms with van der Waals surface area (Å²) < 4.78 is 11.8. The Bertz CT molecular complexity index is 774. The number of ketones is 1. The van der Waals surface area contributed by atoms with Crippen LogP contribution in [0.1, 0.15) is 44.0 Å². The molecule has 3 rings (SSSR count). The van der Waals surface area contributed by atoms with Crippen molar-refractivity contribution in [2.45, 2.75) is 51.3 Å². The summed E-state index contributed by atoms with van der Waals surface area (Å²) in [4.78, 5) is 39.2. The third kappa shape index (κ3) is 4.43. The monoisotopic (exact) mass is 438 g/mol. The van der Waals surface area contributed by atoms with Crippen LogP contribution in [0.3, 0.4) is 0 Å². The smallest absolute Gasteiger partial charge is 0.410 e. The molecule has 1 aromatic carbocycles. The minimum Gasteiger partial charge on any atom is -0.490 e. The third-order valence-electron chi connectivity index (χ3n) is 4.43. The SMILES string of the molecule is CC(C)(C)OC(=O)N1CCCC1C(=O)NC1COc2cc(Br)ccc2C1=O. The first-order valence-electron chi connectivity index (χ1n) is 8.92. The van der Waals surface area contributed by atoms with E-state index >= 15 is 0 Å². The van der Waals surface area contributed by atoms with E-state index < -0.39 is 23.8 Å². The fraction of sp³-hybridized carbons (Fsp3) is 0.526. The van der Waals surface area contributed by atoms with Crippen LogP contribution >= 0.6 is 15.9 Å². The maximum absolute atomic E-state index is 12.7. The zero-order chi connectivity index (χ0) is 19.8. The van der Waals surface area contributed by atoms with Crippen molar-refractivity contribution >= 4 is 33.7 Å². The van der Waals surface area contributed by atoms with Gasteiger partial charge in [-0.2, -0.15) is 0 Å². The van der Waals surface area contributed by atoms with E-state index in [0.29, 0.717) is 30.7 Å². The number of carbonyl (C=O) groups is 3. The number of fused-ring (bicyclic) bond motifs is 1. The second kappa shape index (κ2) is 7.50. The minimum atomic E-state index is -0.771. The lowest BCUT2D eigenvalue weighted by Crippen LogP contribution is -2.54. The summed E-state index contributed by atoms with van der Waals surface area (Å²) in [5.41, 5.74) is -0.198. The molecule has 146 valence electrons. The zero-order valence-electron chi connectivity index (χ0n) is 15.6. The summed E-state index contributed by atoms with van der Waals surface area (Å²) in [6, 6.07) is 3.74. The average molecular weight is 439 g/mol. The Morgan fingerprint density at radius 3 is 2.78 bits per heavy atom. The molecule has 0 bridgehead atoms. The lowest BCUT2D eigenvalue weighted by molar-refractivity contribution is -0.126. The van der Waals surface area contributed by atoms with Crippen molar-refractivity contribution in [3.63, 3.8) is 0 Å². The number of carbonyl (C=O) groups excluding carboxylic acids is 3. The molecule has 2 aliphatic heterocycles. The number of ether oxygens (including phenoxy) is 2. The number of amides is 2. The number of nitrogens with zero attached hydrogens (tertiary/aromatic N) is 1. The van der Waals surface area contributed by atoms with E-state index in [4.69, 9.17) is 9.47 Å². The van der Waals surface area contributed by atoms with Crippen molar-refractivity contribution in [2.75, 3.05) is 13.2 Å². The highest BCUT2D eigenvalue weighted by Gasteiger charge is 2.39. The first kappa shape index (κ1) is 19.7. The Labute approximate surface area is 166 Å². The number of Topliss-reactive ketones (excluding diaryl/α,β-unsaturated/α-hetero) is 1. The molecule has 2 heterocycles. The molecule has 8 heteroatoms. The predicted octanol–water partition coefficient (Wildman–Crippen LogP) is 2.91. The molecule has 1 fully saturated rings. The van der Waals surface area contributed by atoms with Gasteiger partial charge < -0.3 is 14.8 Å². The highest BCUT2D eigenvalue weighted by atomic mass is 79.9. The van der Waals surface area contributed by atoms with Gasteiger partial charge in [0.05, 0.1) is 5.56 Å². The van der Waals surface area contributed by atoms with Crippen LogP contribution in [0.4, 0.5) is 4.79 Å². The van der Waals surface area contributed by atoms with Crippen LogP contribution < -0.4 is 10.1 Å². The Morgan fingerprint density at radius 2 is 2.07 bits per heavy atom. The van der Waals surface area contributed by atoms with Crippen molar-refractivity contribution in [3.8, 4) is 5.75 Å². The third-order valence-corrected chi connectivity index (χ3v) is 4.92. The van der Waals surface area contributed by atoms with E-state index in [0.717, 1.165) is 4.47 Å². The molecule has 1 saturated heterocycles. The quantitative estimate of drug-likeness (QED) is 0.766. The predicted molar refractivity (Wildman–Crippen MR) is 102 cm³/mol. The number of benzene rings is 1. The maximum Gasteiger partial charge on any atom is 0.410 e. The maximum atomic E-state index is 12.7. The molecule has 2 unspecified atom stereocenters. The van der Waals surface area contributed by atoms with E-state index in [1.54, 1.807) is 39.0 Å². The van der Waals surface area contributed by atoms with E-state index in [9.17, 15) is 14.4 Å². The lowest BCUT2D eigenvalue weighted by atomic mass is 10.0. The van der Waals surface area contributed by atoms with Crippen LogP contribution in [0, 0.1) is 0 Å². The summed E-state index contributed by atoms with van der Waals surface area (Å²) in [5, 5.41) is 2.74. The van der Waals surface area contributed by atoms with Gasteiger partial charge in [0.15, 0.2) is 5.78 Å². The van der Waals surface area contributed by atoms with Gasteiger partial charge in [0.2, 0.25) is 5.91 Å². The van der Waals surface area contributed by atoms with Crippen LogP contribution in [0.5, 0.6) is 5.75 Å². The number of hydrogen-bond acceptors (Lipinski definition) is 5. The number of nitrogens with one attached hydrogen (secondary N) is 1. The molecular weight excluding hydrogens is 416 g/mol. The van der Waals surface area contributed by atoms with Gasteiger partial charge in [-0.1, -0.05) is 15.9 Å². The van der Waals surface area contributed by atoms with Crippen LogP contribution in [0.15, 0.2) is 22.7 Å². The molecule has 7 nitrogen and oxygen atoms in total. The molecule has 2 amide bonds. The van der Waals surface area contributed by atoms with Gasteiger partial charge in [-0.25, -0.2) is 4.79 Å². The van der Waals surface area contributed by atoms with Crippen molar-refractivity contribution in [3.05, 3.63) is 28.2 Å². The van der Waals surface area contributed by atoms with E-state index in [-0.39, 0.29) is 18.3 Å². The van der Waals surface area contributed by atoms with Gasteiger partial charge in [0.25, 0.3) is 0 Å². The first-order valence-corrected chi connectivity index (χ1v) is 9.71. The van der Waals surface area contributed by atoms with Crippen LogP contribution in [-0.2, 0) is 9.53 Å². The van der Waals surface area contributed by atoms with Crippen molar-refractivity contribution in [1.82, 2.24) is 10.2 Å². The van der Waals surface area contributed by atoms with Gasteiger partial charge in [0.1, 0.15) is 30.0 Å². The Hall–Kier alpha value is -2.09. The van der Waals surface area contributed by atoms with Crippen molar-refractivity contribution < 1.29 is 23.9 Å². The molecule has 0 spiro atoms. The Morgan fingerprint density at radius 1 is 1.33 bits per heavy atom. The molecule has 1 aromatic rings. The van der Waals surface area contributed by atoms with E-state index in [2.05, 4.69) is 21.2 Å². The van der Waals surface area contributed by atoms with Gasteiger partial charge >= 0.3 is 6.09 Å². The Kier molecular flexibility index (Phi) is 5.46. The van der Waals surface area contributed by atoms with Gasteiger partial charge in [-0.3, -0.25) is 14.5 Å².